The zero-order valence-electron chi connectivity index (χ0n) is 13.0. The molecule has 0 unspecified atom stereocenters. The number of carbonyl (C=O) groups is 1. The highest BCUT2D eigenvalue weighted by Gasteiger charge is 2.23. The summed E-state index contributed by atoms with van der Waals surface area (Å²) >= 11 is 0. The van der Waals surface area contributed by atoms with Crippen LogP contribution in [0.2, 0.25) is 0 Å². The van der Waals surface area contributed by atoms with Gasteiger partial charge in [0.05, 0.1) is 12.8 Å². The number of aromatic nitrogens is 1. The second-order valence-corrected chi connectivity index (χ2v) is 6.58. The van der Waals surface area contributed by atoms with Crippen molar-refractivity contribution < 1.29 is 26.8 Å². The Bertz CT molecular complexity index is 1010. The summed E-state index contributed by atoms with van der Waals surface area (Å²) in [4.78, 5) is 11.3. The number of halogens is 1. The molecule has 1 N–H and O–H groups in total. The molecule has 7 nitrogen and oxygen atoms in total. The molecular weight excluding hydrogens is 351 g/mol. The third kappa shape index (κ3) is 3.41. The number of hydrogen-bond acceptors (Lipinski definition) is 5. The molecule has 130 valence electrons. The van der Waals surface area contributed by atoms with Crippen molar-refractivity contribution >= 4 is 21.7 Å². The Morgan fingerprint density at radius 1 is 1.20 bits per heavy atom. The molecule has 3 rings (SSSR count). The summed E-state index contributed by atoms with van der Waals surface area (Å²) in [5.74, 6) is -1.84. The van der Waals surface area contributed by atoms with Crippen LogP contribution in [0.4, 0.5) is 10.1 Å². The van der Waals surface area contributed by atoms with E-state index < -0.39 is 26.9 Å². The number of nitrogens with zero attached hydrogens (tertiary/aromatic N) is 1. The molecule has 0 fully saturated rings. The number of hydrogen-bond donors (Lipinski definition) is 1. The largest absolute Gasteiger partial charge is 0.463 e. The summed E-state index contributed by atoms with van der Waals surface area (Å²) in [5, 5.41) is -0.529. The molecule has 2 heterocycles. The van der Waals surface area contributed by atoms with Crippen molar-refractivity contribution in [3.8, 4) is 5.69 Å². The number of anilines is 1. The molecular formula is C16H13FN2O5S. The minimum absolute atomic E-state index is 0.248. The van der Waals surface area contributed by atoms with Gasteiger partial charge in [-0.25, -0.2) is 9.18 Å². The lowest BCUT2D eigenvalue weighted by Gasteiger charge is -2.10. The summed E-state index contributed by atoms with van der Waals surface area (Å²) in [7, 11) is -3.08. The summed E-state index contributed by atoms with van der Waals surface area (Å²) in [6.45, 7) is 0. The SMILES string of the molecule is COC(=O)c1ccc(S(=O)(=O)Nc2cc(-n3cccc3)ccc2F)o1. The van der Waals surface area contributed by atoms with Gasteiger partial charge in [-0.3, -0.25) is 4.72 Å². The lowest BCUT2D eigenvalue weighted by Crippen LogP contribution is -2.13. The van der Waals surface area contributed by atoms with E-state index in [1.54, 1.807) is 29.1 Å². The fourth-order valence-corrected chi connectivity index (χ4v) is 3.12. The summed E-state index contributed by atoms with van der Waals surface area (Å²) in [5.41, 5.74) is 0.320. The van der Waals surface area contributed by atoms with E-state index in [4.69, 9.17) is 4.42 Å². The number of furan rings is 1. The van der Waals surface area contributed by atoms with Crippen LogP contribution >= 0.6 is 0 Å². The molecule has 0 radical (unpaired) electrons. The van der Waals surface area contributed by atoms with E-state index in [-0.39, 0.29) is 11.4 Å². The van der Waals surface area contributed by atoms with Gasteiger partial charge in [-0.15, -0.1) is 0 Å². The quantitative estimate of drug-likeness (QED) is 0.703. The molecule has 0 aliphatic carbocycles. The Labute approximate surface area is 142 Å². The maximum atomic E-state index is 14.0. The van der Waals surface area contributed by atoms with Gasteiger partial charge in [-0.05, 0) is 42.5 Å². The zero-order valence-corrected chi connectivity index (χ0v) is 13.8. The van der Waals surface area contributed by atoms with Crippen LogP contribution in [-0.2, 0) is 14.8 Å². The zero-order chi connectivity index (χ0) is 18.0. The predicted octanol–water partition coefficient (Wildman–Crippen LogP) is 2.80. The Balaban J connectivity index is 1.92. The summed E-state index contributed by atoms with van der Waals surface area (Å²) in [6, 6.07) is 9.81. The molecule has 9 heteroatoms. The van der Waals surface area contributed by atoms with E-state index in [0.29, 0.717) is 5.69 Å². The molecule has 0 spiro atoms. The van der Waals surface area contributed by atoms with Gasteiger partial charge in [0.2, 0.25) is 10.9 Å². The Hall–Kier alpha value is -3.07. The number of sulfonamides is 1. The van der Waals surface area contributed by atoms with Crippen molar-refractivity contribution in [2.45, 2.75) is 5.09 Å². The molecule has 0 aliphatic rings. The average Bonchev–Trinajstić information content (AvgIpc) is 3.27. The fourth-order valence-electron chi connectivity index (χ4n) is 2.13. The van der Waals surface area contributed by atoms with Crippen LogP contribution < -0.4 is 4.72 Å². The smallest absolute Gasteiger partial charge is 0.374 e. The normalized spacial score (nSPS) is 11.3. The lowest BCUT2D eigenvalue weighted by molar-refractivity contribution is 0.0559. The molecule has 0 saturated heterocycles. The van der Waals surface area contributed by atoms with Crippen LogP contribution in [-0.4, -0.2) is 26.1 Å². The van der Waals surface area contributed by atoms with E-state index in [1.807, 2.05) is 0 Å². The first-order valence-corrected chi connectivity index (χ1v) is 8.53. The van der Waals surface area contributed by atoms with Crippen LogP contribution in [0.5, 0.6) is 0 Å². The monoisotopic (exact) mass is 364 g/mol. The van der Waals surface area contributed by atoms with Gasteiger partial charge in [-0.1, -0.05) is 0 Å². The average molecular weight is 364 g/mol. The van der Waals surface area contributed by atoms with Gasteiger partial charge in [0.1, 0.15) is 5.82 Å². The molecule has 0 aliphatic heterocycles. The van der Waals surface area contributed by atoms with Crippen LogP contribution in [0.3, 0.4) is 0 Å². The van der Waals surface area contributed by atoms with Crippen LogP contribution in [0, 0.1) is 5.82 Å². The molecule has 1 aromatic carbocycles. The molecule has 0 saturated carbocycles. The molecule has 0 atom stereocenters. The highest BCUT2D eigenvalue weighted by molar-refractivity contribution is 7.92. The highest BCUT2D eigenvalue weighted by Crippen LogP contribution is 2.23. The van der Waals surface area contributed by atoms with Crippen LogP contribution in [0.1, 0.15) is 10.6 Å². The number of carbonyl (C=O) groups excluding carboxylic acids is 1. The third-order valence-electron chi connectivity index (χ3n) is 3.33. The maximum absolute atomic E-state index is 14.0. The first kappa shape index (κ1) is 16.8. The first-order valence-electron chi connectivity index (χ1n) is 7.04. The van der Waals surface area contributed by atoms with E-state index >= 15 is 0 Å². The van der Waals surface area contributed by atoms with E-state index in [0.717, 1.165) is 25.3 Å². The second kappa shape index (κ2) is 6.44. The topological polar surface area (TPSA) is 90.5 Å². The number of methoxy groups -OCH3 is 1. The standard InChI is InChI=1S/C16H13FN2O5S/c1-23-16(20)14-6-7-15(24-14)25(21,22)18-13-10-11(4-5-12(13)17)19-8-2-3-9-19/h2-10,18H,1H3. The number of esters is 1. The summed E-state index contributed by atoms with van der Waals surface area (Å²) in [6.07, 6.45) is 3.47. The Kier molecular flexibility index (Phi) is 4.32. The number of benzene rings is 1. The van der Waals surface area contributed by atoms with Crippen molar-refractivity contribution in [1.29, 1.82) is 0 Å². The Morgan fingerprint density at radius 3 is 2.60 bits per heavy atom. The van der Waals surface area contributed by atoms with Crippen molar-refractivity contribution in [1.82, 2.24) is 4.57 Å². The van der Waals surface area contributed by atoms with Crippen LogP contribution in [0.15, 0.2) is 64.4 Å². The van der Waals surface area contributed by atoms with Crippen molar-refractivity contribution in [3.63, 3.8) is 0 Å². The van der Waals surface area contributed by atoms with Gasteiger partial charge >= 0.3 is 5.97 Å². The number of nitrogens with one attached hydrogen (secondary N) is 1. The molecule has 25 heavy (non-hydrogen) atoms. The summed E-state index contributed by atoms with van der Waals surface area (Å²) < 4.78 is 51.9. The van der Waals surface area contributed by atoms with Gasteiger partial charge in [-0.2, -0.15) is 8.42 Å². The van der Waals surface area contributed by atoms with Gasteiger partial charge in [0, 0.05) is 18.1 Å². The minimum atomic E-state index is -4.22. The molecule has 0 bridgehead atoms. The highest BCUT2D eigenvalue weighted by atomic mass is 32.2. The molecule has 0 amide bonds. The maximum Gasteiger partial charge on any atom is 0.374 e. The Morgan fingerprint density at radius 2 is 1.92 bits per heavy atom. The molecule has 2 aromatic heterocycles. The van der Waals surface area contributed by atoms with Gasteiger partial charge in [0.25, 0.3) is 10.0 Å². The van der Waals surface area contributed by atoms with Gasteiger partial charge < -0.3 is 13.7 Å². The van der Waals surface area contributed by atoms with Crippen LogP contribution in [0.25, 0.3) is 5.69 Å². The van der Waals surface area contributed by atoms with E-state index in [2.05, 4.69) is 9.46 Å². The molecule has 3 aromatic rings. The predicted molar refractivity (Wildman–Crippen MR) is 86.6 cm³/mol. The van der Waals surface area contributed by atoms with Crippen molar-refractivity contribution in [2.75, 3.05) is 11.8 Å². The second-order valence-electron chi connectivity index (χ2n) is 4.97. The van der Waals surface area contributed by atoms with E-state index in [1.165, 1.54) is 12.1 Å². The van der Waals surface area contributed by atoms with Crippen molar-refractivity contribution in [2.24, 2.45) is 0 Å². The lowest BCUT2D eigenvalue weighted by atomic mass is 10.2. The van der Waals surface area contributed by atoms with Gasteiger partial charge in [0.15, 0.2) is 0 Å². The number of rotatable bonds is 5. The fraction of sp³-hybridized carbons (Fsp3) is 0.0625. The first-order chi connectivity index (χ1) is 11.9. The number of ether oxygens (including phenoxy) is 1. The minimum Gasteiger partial charge on any atom is -0.463 e. The van der Waals surface area contributed by atoms with E-state index in [9.17, 15) is 17.6 Å². The van der Waals surface area contributed by atoms with Crippen molar-refractivity contribution in [3.05, 3.63) is 66.4 Å². The third-order valence-corrected chi connectivity index (χ3v) is 4.57.